The highest BCUT2D eigenvalue weighted by atomic mass is 35.5. The molecule has 0 atom stereocenters. The fourth-order valence-electron chi connectivity index (χ4n) is 1.48. The van der Waals surface area contributed by atoms with Crippen molar-refractivity contribution in [2.24, 2.45) is 0 Å². The Bertz CT molecular complexity index is 486. The lowest BCUT2D eigenvalue weighted by molar-refractivity contribution is 0.866. The molecule has 2 N–H and O–H groups in total. The number of likely N-dealkylation sites (N-methyl/N-ethyl adjacent to an activating group) is 1. The molecule has 0 amide bonds. The van der Waals surface area contributed by atoms with Gasteiger partial charge in [0.05, 0.1) is 6.20 Å². The fourth-order valence-corrected chi connectivity index (χ4v) is 2.41. The third kappa shape index (κ3) is 3.08. The molecule has 0 saturated heterocycles. The molecule has 0 aromatic carbocycles. The molecule has 2 heterocycles. The van der Waals surface area contributed by atoms with Gasteiger partial charge in [0.25, 0.3) is 0 Å². The second kappa shape index (κ2) is 5.33. The zero-order valence-electron chi connectivity index (χ0n) is 9.43. The Kier molecular flexibility index (Phi) is 3.81. The van der Waals surface area contributed by atoms with Gasteiger partial charge in [-0.05, 0) is 17.9 Å². The highest BCUT2D eigenvalue weighted by Gasteiger charge is 2.09. The zero-order valence-corrected chi connectivity index (χ0v) is 11.0. The number of halogens is 1. The number of hydrogen-bond donors (Lipinski definition) is 1. The van der Waals surface area contributed by atoms with Crippen molar-refractivity contribution in [1.29, 1.82) is 0 Å². The van der Waals surface area contributed by atoms with E-state index in [1.807, 2.05) is 11.9 Å². The monoisotopic (exact) mass is 268 g/mol. The molecule has 0 unspecified atom stereocenters. The predicted octanol–water partition coefficient (Wildman–Crippen LogP) is 2.45. The van der Waals surface area contributed by atoms with Crippen LogP contribution in [0.5, 0.6) is 0 Å². The quantitative estimate of drug-likeness (QED) is 0.925. The minimum absolute atomic E-state index is 0.243. The molecule has 0 bridgehead atoms. The van der Waals surface area contributed by atoms with E-state index in [4.69, 9.17) is 17.3 Å². The van der Waals surface area contributed by atoms with Gasteiger partial charge in [-0.1, -0.05) is 17.7 Å². The van der Waals surface area contributed by atoms with Gasteiger partial charge in [0, 0.05) is 18.5 Å². The molecule has 4 nitrogen and oxygen atoms in total. The van der Waals surface area contributed by atoms with Crippen LogP contribution in [-0.4, -0.2) is 23.6 Å². The van der Waals surface area contributed by atoms with E-state index in [1.54, 1.807) is 11.3 Å². The van der Waals surface area contributed by atoms with Crippen LogP contribution < -0.4 is 10.6 Å². The molecule has 2 aromatic heterocycles. The third-order valence-electron chi connectivity index (χ3n) is 2.38. The summed E-state index contributed by atoms with van der Waals surface area (Å²) in [5, 5.41) is 2.60. The normalized spacial score (nSPS) is 10.5. The summed E-state index contributed by atoms with van der Waals surface area (Å²) < 4.78 is 0. The Hall–Kier alpha value is -1.33. The number of nitrogens with zero attached hydrogens (tertiary/aromatic N) is 3. The average Bonchev–Trinajstić information content (AvgIpc) is 2.82. The Labute approximate surface area is 109 Å². The number of rotatable bonds is 4. The Morgan fingerprint density at radius 2 is 2.35 bits per heavy atom. The summed E-state index contributed by atoms with van der Waals surface area (Å²) in [4.78, 5) is 11.3. The van der Waals surface area contributed by atoms with Crippen molar-refractivity contribution >= 4 is 34.7 Å². The summed E-state index contributed by atoms with van der Waals surface area (Å²) in [5.41, 5.74) is 5.55. The van der Waals surface area contributed by atoms with E-state index in [9.17, 15) is 0 Å². The van der Waals surface area contributed by atoms with Crippen LogP contribution >= 0.6 is 22.9 Å². The second-order valence-electron chi connectivity index (χ2n) is 3.65. The fraction of sp³-hybridized carbons (Fsp3) is 0.273. The SMILES string of the molecule is CN(CCc1cccs1)c1nc(N)ncc1Cl. The summed E-state index contributed by atoms with van der Waals surface area (Å²) in [6, 6.07) is 4.17. The standard InChI is InChI=1S/C11H13ClN4S/c1-16(5-4-8-3-2-6-17-8)10-9(12)7-14-11(13)15-10/h2-3,6-7H,4-5H2,1H3,(H2,13,14,15). The maximum Gasteiger partial charge on any atom is 0.222 e. The van der Waals surface area contributed by atoms with Gasteiger partial charge in [-0.3, -0.25) is 0 Å². The van der Waals surface area contributed by atoms with Crippen molar-refractivity contribution in [3.63, 3.8) is 0 Å². The van der Waals surface area contributed by atoms with Gasteiger partial charge in [0.1, 0.15) is 5.02 Å². The first-order chi connectivity index (χ1) is 8.16. The molecule has 0 saturated carbocycles. The Balaban J connectivity index is 2.04. The van der Waals surface area contributed by atoms with Gasteiger partial charge in [0.2, 0.25) is 5.95 Å². The lowest BCUT2D eigenvalue weighted by Gasteiger charge is -2.18. The van der Waals surface area contributed by atoms with Crippen LogP contribution in [0.15, 0.2) is 23.7 Å². The van der Waals surface area contributed by atoms with Crippen molar-refractivity contribution in [3.05, 3.63) is 33.6 Å². The molecule has 2 aromatic rings. The van der Waals surface area contributed by atoms with Crippen LogP contribution in [0.3, 0.4) is 0 Å². The van der Waals surface area contributed by atoms with Crippen LogP contribution in [0, 0.1) is 0 Å². The first kappa shape index (κ1) is 12.1. The molecule has 0 spiro atoms. The number of nitrogen functional groups attached to an aromatic ring is 1. The molecule has 0 aliphatic carbocycles. The Morgan fingerprint density at radius 3 is 3.06 bits per heavy atom. The van der Waals surface area contributed by atoms with Crippen molar-refractivity contribution in [3.8, 4) is 0 Å². The van der Waals surface area contributed by atoms with E-state index in [-0.39, 0.29) is 5.95 Å². The number of aromatic nitrogens is 2. The van der Waals surface area contributed by atoms with Crippen molar-refractivity contribution < 1.29 is 0 Å². The molecule has 17 heavy (non-hydrogen) atoms. The van der Waals surface area contributed by atoms with Gasteiger partial charge in [-0.15, -0.1) is 11.3 Å². The molecule has 0 aliphatic heterocycles. The molecule has 6 heteroatoms. The van der Waals surface area contributed by atoms with Crippen molar-refractivity contribution in [1.82, 2.24) is 9.97 Å². The summed E-state index contributed by atoms with van der Waals surface area (Å²) in [7, 11) is 1.95. The number of hydrogen-bond acceptors (Lipinski definition) is 5. The van der Waals surface area contributed by atoms with Gasteiger partial charge in [-0.2, -0.15) is 4.98 Å². The minimum atomic E-state index is 0.243. The van der Waals surface area contributed by atoms with E-state index in [0.717, 1.165) is 13.0 Å². The third-order valence-corrected chi connectivity index (χ3v) is 3.58. The lowest BCUT2D eigenvalue weighted by Crippen LogP contribution is -2.22. The maximum absolute atomic E-state index is 6.03. The van der Waals surface area contributed by atoms with Crippen LogP contribution in [0.4, 0.5) is 11.8 Å². The first-order valence-corrected chi connectivity index (χ1v) is 6.44. The van der Waals surface area contributed by atoms with Gasteiger partial charge >= 0.3 is 0 Å². The highest BCUT2D eigenvalue weighted by molar-refractivity contribution is 7.09. The molecular formula is C11H13ClN4S. The van der Waals surface area contributed by atoms with E-state index in [2.05, 4.69) is 27.5 Å². The topological polar surface area (TPSA) is 55.0 Å². The molecule has 90 valence electrons. The highest BCUT2D eigenvalue weighted by Crippen LogP contribution is 2.22. The van der Waals surface area contributed by atoms with Crippen molar-refractivity contribution in [2.45, 2.75) is 6.42 Å². The van der Waals surface area contributed by atoms with E-state index >= 15 is 0 Å². The number of nitrogens with two attached hydrogens (primary N) is 1. The van der Waals surface area contributed by atoms with Crippen LogP contribution in [0.2, 0.25) is 5.02 Å². The smallest absolute Gasteiger partial charge is 0.222 e. The summed E-state index contributed by atoms with van der Waals surface area (Å²) in [6.07, 6.45) is 2.50. The van der Waals surface area contributed by atoms with Crippen LogP contribution in [0.1, 0.15) is 4.88 Å². The second-order valence-corrected chi connectivity index (χ2v) is 5.09. The van der Waals surface area contributed by atoms with Crippen molar-refractivity contribution in [2.75, 3.05) is 24.2 Å². The lowest BCUT2D eigenvalue weighted by atomic mass is 10.3. The summed E-state index contributed by atoms with van der Waals surface area (Å²) >= 11 is 7.78. The molecule has 0 radical (unpaired) electrons. The number of anilines is 2. The van der Waals surface area contributed by atoms with E-state index in [1.165, 1.54) is 11.1 Å². The Morgan fingerprint density at radius 1 is 1.53 bits per heavy atom. The average molecular weight is 269 g/mol. The van der Waals surface area contributed by atoms with Gasteiger partial charge < -0.3 is 10.6 Å². The predicted molar refractivity (Wildman–Crippen MR) is 72.7 cm³/mol. The zero-order chi connectivity index (χ0) is 12.3. The molecule has 0 fully saturated rings. The minimum Gasteiger partial charge on any atom is -0.368 e. The van der Waals surface area contributed by atoms with Gasteiger partial charge in [0.15, 0.2) is 5.82 Å². The van der Waals surface area contributed by atoms with E-state index < -0.39 is 0 Å². The van der Waals surface area contributed by atoms with E-state index in [0.29, 0.717) is 10.8 Å². The van der Waals surface area contributed by atoms with Crippen LogP contribution in [-0.2, 0) is 6.42 Å². The summed E-state index contributed by atoms with van der Waals surface area (Å²) in [6.45, 7) is 0.844. The summed E-state index contributed by atoms with van der Waals surface area (Å²) in [5.74, 6) is 0.920. The molecule has 2 rings (SSSR count). The van der Waals surface area contributed by atoms with Gasteiger partial charge in [-0.25, -0.2) is 4.98 Å². The first-order valence-electron chi connectivity index (χ1n) is 5.18. The largest absolute Gasteiger partial charge is 0.368 e. The maximum atomic E-state index is 6.03. The van der Waals surface area contributed by atoms with Crippen LogP contribution in [0.25, 0.3) is 0 Å². The number of thiophene rings is 1. The molecule has 0 aliphatic rings. The molecular weight excluding hydrogens is 256 g/mol.